The molecule has 0 aliphatic carbocycles. The lowest BCUT2D eigenvalue weighted by molar-refractivity contribution is -0.112. The normalized spacial score (nSPS) is 16.4. The van der Waals surface area contributed by atoms with Gasteiger partial charge in [0.15, 0.2) is 5.78 Å². The van der Waals surface area contributed by atoms with Gasteiger partial charge >= 0.3 is 0 Å². The molecule has 0 fully saturated rings. The molecule has 2 rings (SSSR count). The first kappa shape index (κ1) is 12.0. The van der Waals surface area contributed by atoms with Crippen molar-refractivity contribution in [3.63, 3.8) is 0 Å². The van der Waals surface area contributed by atoms with Crippen LogP contribution in [0.4, 0.5) is 5.69 Å². The molecule has 0 radical (unpaired) electrons. The van der Waals surface area contributed by atoms with Crippen LogP contribution in [0.1, 0.15) is 20.3 Å². The number of thioether (sulfide) groups is 1. The highest BCUT2D eigenvalue weighted by Crippen LogP contribution is 2.47. The van der Waals surface area contributed by atoms with Crippen molar-refractivity contribution in [3.8, 4) is 5.75 Å². The summed E-state index contributed by atoms with van der Waals surface area (Å²) in [6.45, 7) is 4.50. The number of benzene rings is 1. The number of rotatable bonds is 3. The van der Waals surface area contributed by atoms with E-state index in [9.17, 15) is 9.90 Å². The Hall–Kier alpha value is -1.42. The molecule has 4 heteroatoms. The molecule has 0 spiro atoms. The summed E-state index contributed by atoms with van der Waals surface area (Å²) in [5, 5.41) is 10.5. The largest absolute Gasteiger partial charge is 0.508 e. The molecule has 3 nitrogen and oxygen atoms in total. The average Bonchev–Trinajstić information content (AvgIpc) is 2.57. The number of phenolic OH excluding ortho intramolecular Hbond substituents is 1. The van der Waals surface area contributed by atoms with Crippen molar-refractivity contribution in [3.05, 3.63) is 29.3 Å². The molecule has 0 amide bonds. The molecular formula is C13H15NO2S. The van der Waals surface area contributed by atoms with Gasteiger partial charge in [0.1, 0.15) is 5.75 Å². The van der Waals surface area contributed by atoms with Crippen LogP contribution >= 0.6 is 11.8 Å². The number of phenols is 1. The first-order valence-corrected chi connectivity index (χ1v) is 6.44. The van der Waals surface area contributed by atoms with E-state index in [4.69, 9.17) is 0 Å². The molecule has 1 N–H and O–H groups in total. The van der Waals surface area contributed by atoms with E-state index in [0.29, 0.717) is 0 Å². The van der Waals surface area contributed by atoms with Gasteiger partial charge in [0.2, 0.25) is 0 Å². The van der Waals surface area contributed by atoms with Gasteiger partial charge in [-0.15, -0.1) is 0 Å². The van der Waals surface area contributed by atoms with E-state index in [1.54, 1.807) is 36.9 Å². The van der Waals surface area contributed by atoms with Crippen molar-refractivity contribution in [1.29, 1.82) is 0 Å². The SMILES string of the molecule is CCCN1/C(=C/C(C)=O)Sc2ccc(O)cc21. The number of carbonyl (C=O) groups excluding carboxylic acids is 1. The van der Waals surface area contributed by atoms with Crippen molar-refractivity contribution >= 4 is 23.2 Å². The summed E-state index contributed by atoms with van der Waals surface area (Å²) in [6.07, 6.45) is 2.64. The van der Waals surface area contributed by atoms with Crippen molar-refractivity contribution in [1.82, 2.24) is 0 Å². The average molecular weight is 249 g/mol. The zero-order valence-corrected chi connectivity index (χ0v) is 10.8. The van der Waals surface area contributed by atoms with Gasteiger partial charge < -0.3 is 10.0 Å². The quantitative estimate of drug-likeness (QED) is 0.835. The van der Waals surface area contributed by atoms with Crippen molar-refractivity contribution < 1.29 is 9.90 Å². The maximum atomic E-state index is 11.2. The van der Waals surface area contributed by atoms with Gasteiger partial charge in [-0.2, -0.15) is 0 Å². The molecule has 0 saturated carbocycles. The summed E-state index contributed by atoms with van der Waals surface area (Å²) >= 11 is 1.58. The van der Waals surface area contributed by atoms with E-state index in [1.165, 1.54) is 0 Å². The highest BCUT2D eigenvalue weighted by molar-refractivity contribution is 8.03. The molecule has 17 heavy (non-hydrogen) atoms. The maximum Gasteiger partial charge on any atom is 0.155 e. The summed E-state index contributed by atoms with van der Waals surface area (Å²) in [6, 6.07) is 5.31. The molecule has 0 atom stereocenters. The first-order chi connectivity index (χ1) is 8.11. The van der Waals surface area contributed by atoms with E-state index in [2.05, 4.69) is 11.8 Å². The van der Waals surface area contributed by atoms with E-state index in [-0.39, 0.29) is 11.5 Å². The summed E-state index contributed by atoms with van der Waals surface area (Å²) in [5.41, 5.74) is 0.990. The summed E-state index contributed by atoms with van der Waals surface area (Å²) in [7, 11) is 0. The highest BCUT2D eigenvalue weighted by Gasteiger charge is 2.25. The van der Waals surface area contributed by atoms with Crippen LogP contribution in [0, 0.1) is 0 Å². The molecule has 1 aromatic rings. The van der Waals surface area contributed by atoms with E-state index >= 15 is 0 Å². The van der Waals surface area contributed by atoms with Crippen LogP contribution in [0.15, 0.2) is 34.2 Å². The van der Waals surface area contributed by atoms with Crippen LogP contribution in [0.3, 0.4) is 0 Å². The maximum absolute atomic E-state index is 11.2. The fourth-order valence-corrected chi connectivity index (χ4v) is 2.98. The standard InChI is InChI=1S/C13H15NO2S/c1-3-6-14-11-8-10(16)4-5-12(11)17-13(14)7-9(2)15/h4-5,7-8,16H,3,6H2,1-2H3/b13-7-. The first-order valence-electron chi connectivity index (χ1n) is 5.62. The van der Waals surface area contributed by atoms with Crippen LogP contribution in [0.5, 0.6) is 5.75 Å². The van der Waals surface area contributed by atoms with E-state index < -0.39 is 0 Å². The fraction of sp³-hybridized carbons (Fsp3) is 0.308. The van der Waals surface area contributed by atoms with E-state index in [0.717, 1.165) is 28.6 Å². The summed E-state index contributed by atoms with van der Waals surface area (Å²) < 4.78 is 0. The Labute approximate surface area is 105 Å². The van der Waals surface area contributed by atoms with Gasteiger partial charge in [0.05, 0.1) is 10.7 Å². The molecule has 0 unspecified atom stereocenters. The third-order valence-corrected chi connectivity index (χ3v) is 3.60. The minimum absolute atomic E-state index is 0.0469. The molecule has 1 aromatic carbocycles. The van der Waals surface area contributed by atoms with Gasteiger partial charge in [-0.05, 0) is 25.5 Å². The molecule has 90 valence electrons. The number of allylic oxidation sites excluding steroid dienone is 1. The number of hydrogen-bond acceptors (Lipinski definition) is 4. The molecular weight excluding hydrogens is 234 g/mol. The van der Waals surface area contributed by atoms with Crippen molar-refractivity contribution in [2.75, 3.05) is 11.4 Å². The molecule has 1 aliphatic rings. The lowest BCUT2D eigenvalue weighted by Gasteiger charge is -2.19. The number of nitrogens with zero attached hydrogens (tertiary/aromatic N) is 1. The van der Waals surface area contributed by atoms with Crippen LogP contribution < -0.4 is 4.90 Å². The molecule has 1 heterocycles. The van der Waals surface area contributed by atoms with Gasteiger partial charge in [-0.1, -0.05) is 18.7 Å². The summed E-state index contributed by atoms with van der Waals surface area (Å²) in [5.74, 6) is 0.306. The minimum atomic E-state index is 0.0469. The number of hydrogen-bond donors (Lipinski definition) is 1. The number of fused-ring (bicyclic) bond motifs is 1. The third kappa shape index (κ3) is 2.47. The number of anilines is 1. The Morgan fingerprint density at radius 1 is 1.53 bits per heavy atom. The predicted molar refractivity (Wildman–Crippen MR) is 70.4 cm³/mol. The van der Waals surface area contributed by atoms with Crippen LogP contribution in [0.2, 0.25) is 0 Å². The van der Waals surface area contributed by atoms with Gasteiger partial charge in [0, 0.05) is 23.6 Å². The Morgan fingerprint density at radius 2 is 2.29 bits per heavy atom. The monoisotopic (exact) mass is 249 g/mol. The van der Waals surface area contributed by atoms with E-state index in [1.807, 2.05) is 6.07 Å². The lowest BCUT2D eigenvalue weighted by atomic mass is 10.2. The predicted octanol–water partition coefficient (Wildman–Crippen LogP) is 3.14. The molecule has 0 saturated heterocycles. The Bertz CT molecular complexity index is 482. The number of ketones is 1. The van der Waals surface area contributed by atoms with Crippen molar-refractivity contribution in [2.45, 2.75) is 25.2 Å². The molecule has 0 aromatic heterocycles. The van der Waals surface area contributed by atoms with Crippen molar-refractivity contribution in [2.24, 2.45) is 0 Å². The minimum Gasteiger partial charge on any atom is -0.508 e. The fourth-order valence-electron chi connectivity index (χ4n) is 1.82. The second kappa shape index (κ2) is 4.84. The topological polar surface area (TPSA) is 40.5 Å². The second-order valence-corrected chi connectivity index (χ2v) is 5.06. The van der Waals surface area contributed by atoms with Gasteiger partial charge in [0.25, 0.3) is 0 Å². The summed E-state index contributed by atoms with van der Waals surface area (Å²) in [4.78, 5) is 14.4. The third-order valence-electron chi connectivity index (χ3n) is 2.49. The lowest BCUT2D eigenvalue weighted by Crippen LogP contribution is -2.18. The Kier molecular flexibility index (Phi) is 3.43. The number of carbonyl (C=O) groups is 1. The molecule has 1 aliphatic heterocycles. The van der Waals surface area contributed by atoms with Crippen LogP contribution in [-0.4, -0.2) is 17.4 Å². The van der Waals surface area contributed by atoms with Crippen LogP contribution in [0.25, 0.3) is 0 Å². The smallest absolute Gasteiger partial charge is 0.155 e. The van der Waals surface area contributed by atoms with Gasteiger partial charge in [-0.25, -0.2) is 0 Å². The molecule has 0 bridgehead atoms. The van der Waals surface area contributed by atoms with Gasteiger partial charge in [-0.3, -0.25) is 4.79 Å². The zero-order chi connectivity index (χ0) is 12.4. The Balaban J connectivity index is 2.41. The zero-order valence-electron chi connectivity index (χ0n) is 9.93. The second-order valence-electron chi connectivity index (χ2n) is 4.00. The number of aromatic hydroxyl groups is 1. The Morgan fingerprint density at radius 3 is 2.94 bits per heavy atom. The highest BCUT2D eigenvalue weighted by atomic mass is 32.2. The van der Waals surface area contributed by atoms with Crippen LogP contribution in [-0.2, 0) is 4.79 Å².